The SMILES string of the molecule is CC(C)(C)c1ccc(SC(=O)N2CCCC2)cc1. The number of amides is 1. The first-order chi connectivity index (χ1) is 8.47. The Bertz CT molecular complexity index is 413. The Labute approximate surface area is 114 Å². The molecule has 1 aliphatic rings. The van der Waals surface area contributed by atoms with Gasteiger partial charge in [-0.1, -0.05) is 32.9 Å². The van der Waals surface area contributed by atoms with E-state index in [1.165, 1.54) is 17.3 Å². The maximum absolute atomic E-state index is 12.0. The average molecular weight is 263 g/mol. The highest BCUT2D eigenvalue weighted by molar-refractivity contribution is 8.13. The van der Waals surface area contributed by atoms with Crippen LogP contribution in [0.25, 0.3) is 0 Å². The number of carbonyl (C=O) groups excluding carboxylic acids is 1. The lowest BCUT2D eigenvalue weighted by molar-refractivity contribution is 0.233. The van der Waals surface area contributed by atoms with Crippen LogP contribution in [0.2, 0.25) is 0 Å². The first-order valence-electron chi connectivity index (χ1n) is 6.54. The van der Waals surface area contributed by atoms with Gasteiger partial charge in [-0.2, -0.15) is 0 Å². The van der Waals surface area contributed by atoms with Gasteiger partial charge in [0.25, 0.3) is 5.24 Å². The predicted octanol–water partition coefficient (Wildman–Crippen LogP) is 4.29. The van der Waals surface area contributed by atoms with Crippen molar-refractivity contribution >= 4 is 17.0 Å². The third-order valence-corrected chi connectivity index (χ3v) is 4.23. The third kappa shape index (κ3) is 3.29. The van der Waals surface area contributed by atoms with Crippen LogP contribution in [0.15, 0.2) is 29.2 Å². The topological polar surface area (TPSA) is 20.3 Å². The molecular weight excluding hydrogens is 242 g/mol. The van der Waals surface area contributed by atoms with Crippen LogP contribution in [-0.2, 0) is 5.41 Å². The Hall–Kier alpha value is -0.960. The molecule has 0 aromatic heterocycles. The number of likely N-dealkylation sites (tertiary alicyclic amines) is 1. The van der Waals surface area contributed by atoms with Gasteiger partial charge in [-0.25, -0.2) is 0 Å². The van der Waals surface area contributed by atoms with E-state index in [-0.39, 0.29) is 10.7 Å². The molecule has 1 heterocycles. The molecule has 2 rings (SSSR count). The Kier molecular flexibility index (Phi) is 4.00. The third-order valence-electron chi connectivity index (χ3n) is 3.29. The highest BCUT2D eigenvalue weighted by Gasteiger charge is 2.19. The lowest BCUT2D eigenvalue weighted by Gasteiger charge is -2.19. The zero-order valence-corrected chi connectivity index (χ0v) is 12.2. The van der Waals surface area contributed by atoms with Crippen LogP contribution in [0.4, 0.5) is 4.79 Å². The van der Waals surface area contributed by atoms with Crippen LogP contribution >= 0.6 is 11.8 Å². The van der Waals surface area contributed by atoms with Gasteiger partial charge in [-0.15, -0.1) is 0 Å². The molecule has 0 unspecified atom stereocenters. The van der Waals surface area contributed by atoms with Crippen LogP contribution in [0.5, 0.6) is 0 Å². The van der Waals surface area contributed by atoms with Gasteiger partial charge in [0, 0.05) is 18.0 Å². The summed E-state index contributed by atoms with van der Waals surface area (Å²) in [6, 6.07) is 8.36. The van der Waals surface area contributed by atoms with Crippen molar-refractivity contribution in [2.24, 2.45) is 0 Å². The number of hydrogen-bond donors (Lipinski definition) is 0. The van der Waals surface area contributed by atoms with E-state index < -0.39 is 0 Å². The molecule has 0 N–H and O–H groups in total. The van der Waals surface area contributed by atoms with Crippen LogP contribution in [0.3, 0.4) is 0 Å². The molecule has 0 spiro atoms. The molecule has 0 atom stereocenters. The molecule has 98 valence electrons. The fraction of sp³-hybridized carbons (Fsp3) is 0.533. The van der Waals surface area contributed by atoms with Gasteiger partial charge < -0.3 is 4.90 Å². The minimum absolute atomic E-state index is 0.169. The Morgan fingerprint density at radius 1 is 1.11 bits per heavy atom. The lowest BCUT2D eigenvalue weighted by atomic mass is 9.87. The van der Waals surface area contributed by atoms with E-state index >= 15 is 0 Å². The molecule has 1 aromatic carbocycles. The largest absolute Gasteiger partial charge is 0.333 e. The Morgan fingerprint density at radius 2 is 1.67 bits per heavy atom. The first-order valence-corrected chi connectivity index (χ1v) is 7.36. The summed E-state index contributed by atoms with van der Waals surface area (Å²) in [7, 11) is 0. The van der Waals surface area contributed by atoms with Crippen LogP contribution < -0.4 is 0 Å². The van der Waals surface area contributed by atoms with E-state index in [2.05, 4.69) is 45.0 Å². The molecular formula is C15H21NOS. The van der Waals surface area contributed by atoms with Gasteiger partial charge >= 0.3 is 0 Å². The summed E-state index contributed by atoms with van der Waals surface area (Å²) in [5, 5.41) is 0.191. The summed E-state index contributed by atoms with van der Waals surface area (Å²) >= 11 is 1.35. The molecule has 1 fully saturated rings. The van der Waals surface area contributed by atoms with Gasteiger partial charge in [0.2, 0.25) is 0 Å². The van der Waals surface area contributed by atoms with Gasteiger partial charge in [0.15, 0.2) is 0 Å². The molecule has 3 heteroatoms. The summed E-state index contributed by atoms with van der Waals surface area (Å²) in [5.74, 6) is 0. The van der Waals surface area contributed by atoms with Gasteiger partial charge in [-0.3, -0.25) is 4.79 Å². The summed E-state index contributed by atoms with van der Waals surface area (Å²) in [5.41, 5.74) is 1.47. The van der Waals surface area contributed by atoms with Crippen molar-refractivity contribution in [1.29, 1.82) is 0 Å². The van der Waals surface area contributed by atoms with E-state index in [1.54, 1.807) is 0 Å². The van der Waals surface area contributed by atoms with Crippen LogP contribution in [0, 0.1) is 0 Å². The molecule has 0 radical (unpaired) electrons. The zero-order valence-electron chi connectivity index (χ0n) is 11.4. The number of rotatable bonds is 1. The smallest absolute Gasteiger partial charge is 0.286 e. The minimum Gasteiger partial charge on any atom is -0.333 e. The summed E-state index contributed by atoms with van der Waals surface area (Å²) < 4.78 is 0. The molecule has 0 saturated carbocycles. The zero-order chi connectivity index (χ0) is 13.2. The maximum Gasteiger partial charge on any atom is 0.286 e. The second-order valence-corrected chi connectivity index (χ2v) is 6.86. The molecule has 2 nitrogen and oxygen atoms in total. The summed E-state index contributed by atoms with van der Waals surface area (Å²) in [6.07, 6.45) is 2.30. The van der Waals surface area contributed by atoms with E-state index in [4.69, 9.17) is 0 Å². The van der Waals surface area contributed by atoms with Crippen molar-refractivity contribution in [3.05, 3.63) is 29.8 Å². The number of hydrogen-bond acceptors (Lipinski definition) is 2. The van der Waals surface area contributed by atoms with Crippen molar-refractivity contribution in [2.75, 3.05) is 13.1 Å². The minimum atomic E-state index is 0.169. The molecule has 1 aliphatic heterocycles. The van der Waals surface area contributed by atoms with Gasteiger partial charge in [0.05, 0.1) is 0 Å². The first kappa shape index (κ1) is 13.5. The summed E-state index contributed by atoms with van der Waals surface area (Å²) in [6.45, 7) is 8.44. The number of carbonyl (C=O) groups is 1. The molecule has 0 aliphatic carbocycles. The number of thioether (sulfide) groups is 1. The quantitative estimate of drug-likeness (QED) is 0.704. The normalized spacial score (nSPS) is 16.1. The van der Waals surface area contributed by atoms with Crippen molar-refractivity contribution < 1.29 is 4.79 Å². The van der Waals surface area contributed by atoms with Crippen molar-refractivity contribution in [3.8, 4) is 0 Å². The second kappa shape index (κ2) is 5.35. The lowest BCUT2D eigenvalue weighted by Crippen LogP contribution is -2.23. The van der Waals surface area contributed by atoms with Gasteiger partial charge in [-0.05, 0) is 47.7 Å². The molecule has 1 aromatic rings. The number of benzene rings is 1. The van der Waals surface area contributed by atoms with Crippen molar-refractivity contribution in [3.63, 3.8) is 0 Å². The number of nitrogens with zero attached hydrogens (tertiary/aromatic N) is 1. The second-order valence-electron chi connectivity index (χ2n) is 5.84. The maximum atomic E-state index is 12.0. The highest BCUT2D eigenvalue weighted by Crippen LogP contribution is 2.27. The van der Waals surface area contributed by atoms with E-state index in [9.17, 15) is 4.79 Å². The van der Waals surface area contributed by atoms with E-state index in [0.29, 0.717) is 0 Å². The average Bonchev–Trinajstić information content (AvgIpc) is 2.82. The molecule has 1 saturated heterocycles. The van der Waals surface area contributed by atoms with Gasteiger partial charge in [0.1, 0.15) is 0 Å². The van der Waals surface area contributed by atoms with Crippen LogP contribution in [0.1, 0.15) is 39.2 Å². The van der Waals surface area contributed by atoms with E-state index in [0.717, 1.165) is 30.8 Å². The van der Waals surface area contributed by atoms with Crippen LogP contribution in [-0.4, -0.2) is 23.2 Å². The Balaban J connectivity index is 2.00. The fourth-order valence-corrected chi connectivity index (χ4v) is 2.87. The fourth-order valence-electron chi connectivity index (χ4n) is 2.09. The molecule has 0 bridgehead atoms. The summed E-state index contributed by atoms with van der Waals surface area (Å²) in [4.78, 5) is 15.0. The Morgan fingerprint density at radius 3 is 2.17 bits per heavy atom. The molecule has 1 amide bonds. The molecule has 18 heavy (non-hydrogen) atoms. The highest BCUT2D eigenvalue weighted by atomic mass is 32.2. The predicted molar refractivity (Wildman–Crippen MR) is 77.2 cm³/mol. The van der Waals surface area contributed by atoms with Crippen molar-refractivity contribution in [1.82, 2.24) is 4.90 Å². The standard InChI is InChI=1S/C15H21NOS/c1-15(2,3)12-6-8-13(9-7-12)18-14(17)16-10-4-5-11-16/h6-9H,4-5,10-11H2,1-3H3. The van der Waals surface area contributed by atoms with E-state index in [1.807, 2.05) is 4.90 Å². The van der Waals surface area contributed by atoms with Crippen molar-refractivity contribution in [2.45, 2.75) is 43.9 Å². The monoisotopic (exact) mass is 263 g/mol.